The van der Waals surface area contributed by atoms with E-state index < -0.39 is 4.92 Å². The molecule has 0 saturated heterocycles. The van der Waals surface area contributed by atoms with Gasteiger partial charge < -0.3 is 4.74 Å². The van der Waals surface area contributed by atoms with Crippen molar-refractivity contribution in [1.29, 1.82) is 0 Å². The van der Waals surface area contributed by atoms with E-state index in [0.717, 1.165) is 5.56 Å². The van der Waals surface area contributed by atoms with Crippen molar-refractivity contribution in [3.05, 3.63) is 50.5 Å². The number of benzene rings is 1. The van der Waals surface area contributed by atoms with Gasteiger partial charge in [-0.1, -0.05) is 18.2 Å². The molecule has 1 aromatic rings. The van der Waals surface area contributed by atoms with Crippen LogP contribution in [0.3, 0.4) is 0 Å². The van der Waals surface area contributed by atoms with Crippen molar-refractivity contribution in [3.8, 4) is 0 Å². The highest BCUT2D eigenvalue weighted by Gasteiger charge is 2.11. The van der Waals surface area contributed by atoms with Crippen molar-refractivity contribution >= 4 is 21.6 Å². The molecule has 0 aliphatic carbocycles. The first-order valence-electron chi connectivity index (χ1n) is 4.77. The summed E-state index contributed by atoms with van der Waals surface area (Å²) in [5.74, 6) is 0. The van der Waals surface area contributed by atoms with Crippen molar-refractivity contribution < 1.29 is 9.66 Å². The molecular formula is C11H12BrNO3. The van der Waals surface area contributed by atoms with E-state index in [9.17, 15) is 10.1 Å². The van der Waals surface area contributed by atoms with E-state index in [1.165, 1.54) is 6.07 Å². The maximum absolute atomic E-state index is 10.7. The summed E-state index contributed by atoms with van der Waals surface area (Å²) in [6.45, 7) is 2.80. The summed E-state index contributed by atoms with van der Waals surface area (Å²) in [4.78, 5) is 10.3. The second-order valence-electron chi connectivity index (χ2n) is 3.13. The topological polar surface area (TPSA) is 52.4 Å². The Bertz CT molecular complexity index is 404. The van der Waals surface area contributed by atoms with E-state index in [-0.39, 0.29) is 5.69 Å². The van der Waals surface area contributed by atoms with Gasteiger partial charge in [-0.25, -0.2) is 0 Å². The minimum atomic E-state index is -0.417. The standard InChI is InChI=1S/C11H12BrNO3/c1-2-3-6-16-8-9-4-5-10(12)11(7-9)13(14)15/h2-5,7H,6,8H2,1H3/b3-2+. The lowest BCUT2D eigenvalue weighted by Crippen LogP contribution is -1.95. The van der Waals surface area contributed by atoms with Gasteiger partial charge in [-0.05, 0) is 34.5 Å². The second-order valence-corrected chi connectivity index (χ2v) is 3.98. The smallest absolute Gasteiger partial charge is 0.283 e. The molecule has 0 saturated carbocycles. The SMILES string of the molecule is C/C=C/COCc1ccc(Br)c([N+](=O)[O-])c1. The average Bonchev–Trinajstić information content (AvgIpc) is 2.26. The Morgan fingerprint density at radius 2 is 2.31 bits per heavy atom. The van der Waals surface area contributed by atoms with E-state index in [4.69, 9.17) is 4.74 Å². The zero-order valence-corrected chi connectivity index (χ0v) is 10.4. The zero-order valence-electron chi connectivity index (χ0n) is 8.85. The van der Waals surface area contributed by atoms with Gasteiger partial charge >= 0.3 is 0 Å². The Kier molecular flexibility index (Phi) is 5.14. The molecule has 0 unspecified atom stereocenters. The summed E-state index contributed by atoms with van der Waals surface area (Å²) < 4.78 is 5.79. The molecule has 86 valence electrons. The van der Waals surface area contributed by atoms with E-state index in [2.05, 4.69) is 15.9 Å². The maximum atomic E-state index is 10.7. The summed E-state index contributed by atoms with van der Waals surface area (Å²) in [5, 5.41) is 10.7. The first kappa shape index (κ1) is 12.9. The zero-order chi connectivity index (χ0) is 12.0. The molecule has 0 atom stereocenters. The Morgan fingerprint density at radius 1 is 1.56 bits per heavy atom. The van der Waals surface area contributed by atoms with Gasteiger partial charge in [0.15, 0.2) is 0 Å². The predicted molar refractivity (Wildman–Crippen MR) is 65.3 cm³/mol. The van der Waals surface area contributed by atoms with Crippen LogP contribution < -0.4 is 0 Å². The fourth-order valence-electron chi connectivity index (χ4n) is 1.13. The van der Waals surface area contributed by atoms with E-state index in [1.807, 2.05) is 19.1 Å². The lowest BCUT2D eigenvalue weighted by atomic mass is 10.2. The minimum absolute atomic E-state index is 0.0622. The van der Waals surface area contributed by atoms with Gasteiger partial charge in [0.25, 0.3) is 5.69 Å². The third-order valence-corrected chi connectivity index (χ3v) is 2.60. The number of nitrogens with zero attached hydrogens (tertiary/aromatic N) is 1. The number of hydrogen-bond donors (Lipinski definition) is 0. The highest BCUT2D eigenvalue weighted by atomic mass is 79.9. The number of allylic oxidation sites excluding steroid dienone is 1. The van der Waals surface area contributed by atoms with Crippen molar-refractivity contribution in [2.45, 2.75) is 13.5 Å². The van der Waals surface area contributed by atoms with Crippen LogP contribution in [-0.2, 0) is 11.3 Å². The van der Waals surface area contributed by atoms with Gasteiger partial charge in [0.2, 0.25) is 0 Å². The highest BCUT2D eigenvalue weighted by molar-refractivity contribution is 9.10. The van der Waals surface area contributed by atoms with Crippen LogP contribution in [0.15, 0.2) is 34.8 Å². The quantitative estimate of drug-likeness (QED) is 0.360. The van der Waals surface area contributed by atoms with Gasteiger partial charge in [-0.3, -0.25) is 10.1 Å². The van der Waals surface area contributed by atoms with Crippen molar-refractivity contribution in [1.82, 2.24) is 0 Å². The Morgan fingerprint density at radius 3 is 2.94 bits per heavy atom. The number of nitro benzene ring substituents is 1. The summed E-state index contributed by atoms with van der Waals surface area (Å²) in [7, 11) is 0. The van der Waals surface area contributed by atoms with Crippen LogP contribution in [0.2, 0.25) is 0 Å². The minimum Gasteiger partial charge on any atom is -0.373 e. The number of halogens is 1. The molecule has 0 spiro atoms. The van der Waals surface area contributed by atoms with Gasteiger partial charge in [-0.2, -0.15) is 0 Å². The molecule has 0 amide bonds. The lowest BCUT2D eigenvalue weighted by Gasteiger charge is -2.02. The third-order valence-electron chi connectivity index (χ3n) is 1.93. The van der Waals surface area contributed by atoms with Crippen molar-refractivity contribution in [2.24, 2.45) is 0 Å². The predicted octanol–water partition coefficient (Wildman–Crippen LogP) is 3.45. The summed E-state index contributed by atoms with van der Waals surface area (Å²) in [6, 6.07) is 4.97. The molecule has 0 aliphatic heterocycles. The molecule has 0 aliphatic rings. The summed E-state index contributed by atoms with van der Waals surface area (Å²) in [6.07, 6.45) is 3.78. The van der Waals surface area contributed by atoms with E-state index >= 15 is 0 Å². The molecule has 0 bridgehead atoms. The van der Waals surface area contributed by atoms with Crippen LogP contribution in [0.25, 0.3) is 0 Å². The van der Waals surface area contributed by atoms with E-state index in [0.29, 0.717) is 17.7 Å². The van der Waals surface area contributed by atoms with Gasteiger partial charge in [0, 0.05) is 6.07 Å². The largest absolute Gasteiger partial charge is 0.373 e. The molecule has 0 radical (unpaired) electrons. The first-order valence-corrected chi connectivity index (χ1v) is 5.56. The van der Waals surface area contributed by atoms with Crippen LogP contribution in [0.5, 0.6) is 0 Å². The van der Waals surface area contributed by atoms with Crippen LogP contribution in [0.1, 0.15) is 12.5 Å². The van der Waals surface area contributed by atoms with Gasteiger partial charge in [-0.15, -0.1) is 0 Å². The fraction of sp³-hybridized carbons (Fsp3) is 0.273. The van der Waals surface area contributed by atoms with Crippen molar-refractivity contribution in [3.63, 3.8) is 0 Å². The molecule has 0 heterocycles. The van der Waals surface area contributed by atoms with Gasteiger partial charge in [0.1, 0.15) is 0 Å². The van der Waals surface area contributed by atoms with Crippen LogP contribution in [0.4, 0.5) is 5.69 Å². The number of hydrogen-bond acceptors (Lipinski definition) is 3. The van der Waals surface area contributed by atoms with Crippen molar-refractivity contribution in [2.75, 3.05) is 6.61 Å². The maximum Gasteiger partial charge on any atom is 0.283 e. The summed E-state index contributed by atoms with van der Waals surface area (Å²) in [5.41, 5.74) is 0.853. The molecule has 16 heavy (non-hydrogen) atoms. The van der Waals surface area contributed by atoms with Crippen LogP contribution in [0, 0.1) is 10.1 Å². The molecule has 0 N–H and O–H groups in total. The molecular weight excluding hydrogens is 274 g/mol. The van der Waals surface area contributed by atoms with E-state index in [1.54, 1.807) is 12.1 Å². The van der Waals surface area contributed by atoms with Crippen LogP contribution >= 0.6 is 15.9 Å². The Labute approximate surface area is 102 Å². The number of nitro groups is 1. The Balaban J connectivity index is 2.67. The number of rotatable bonds is 5. The monoisotopic (exact) mass is 285 g/mol. The third kappa shape index (κ3) is 3.75. The average molecular weight is 286 g/mol. The fourth-order valence-corrected chi connectivity index (χ4v) is 1.52. The molecule has 5 heteroatoms. The molecule has 1 rings (SSSR count). The Hall–Kier alpha value is -1.20. The lowest BCUT2D eigenvalue weighted by molar-refractivity contribution is -0.385. The summed E-state index contributed by atoms with van der Waals surface area (Å²) >= 11 is 3.13. The van der Waals surface area contributed by atoms with Crippen LogP contribution in [-0.4, -0.2) is 11.5 Å². The normalized spacial score (nSPS) is 10.9. The molecule has 1 aromatic carbocycles. The molecule has 4 nitrogen and oxygen atoms in total. The number of ether oxygens (including phenoxy) is 1. The second kappa shape index (κ2) is 6.40. The van der Waals surface area contributed by atoms with Gasteiger partial charge in [0.05, 0.1) is 22.6 Å². The molecule has 0 fully saturated rings. The first-order chi connectivity index (χ1) is 7.65. The molecule has 0 aromatic heterocycles. The highest BCUT2D eigenvalue weighted by Crippen LogP contribution is 2.25.